The van der Waals surface area contributed by atoms with Gasteiger partial charge in [0.05, 0.1) is 25.4 Å². The van der Waals surface area contributed by atoms with Gasteiger partial charge in [0.1, 0.15) is 0 Å². The molecule has 3 N–H and O–H groups in total. The Bertz CT molecular complexity index is 1340. The van der Waals surface area contributed by atoms with E-state index in [-0.39, 0.29) is 18.5 Å². The molecule has 0 heterocycles. The first kappa shape index (κ1) is 77.8. The summed E-state index contributed by atoms with van der Waals surface area (Å²) < 4.78 is 5.48. The Morgan fingerprint density at radius 3 is 1.01 bits per heavy atom. The zero-order valence-corrected chi connectivity index (χ0v) is 53.8. The van der Waals surface area contributed by atoms with E-state index in [0.717, 1.165) is 51.4 Å². The van der Waals surface area contributed by atoms with Gasteiger partial charge in [-0.2, -0.15) is 0 Å². The molecular formula is C74H139NO5. The highest BCUT2D eigenvalue weighted by atomic mass is 16.5. The van der Waals surface area contributed by atoms with Crippen LogP contribution in [0.5, 0.6) is 0 Å². The second-order valence-corrected chi connectivity index (χ2v) is 24.6. The maximum Gasteiger partial charge on any atom is 0.305 e. The number of allylic oxidation sites excluding steroid dienone is 7. The third-order valence-corrected chi connectivity index (χ3v) is 16.5. The fourth-order valence-electron chi connectivity index (χ4n) is 11.1. The van der Waals surface area contributed by atoms with Gasteiger partial charge < -0.3 is 20.3 Å². The molecule has 0 saturated carbocycles. The maximum atomic E-state index is 12.4. The molecule has 0 radical (unpaired) electrons. The summed E-state index contributed by atoms with van der Waals surface area (Å²) in [7, 11) is 0. The first-order valence-electron chi connectivity index (χ1n) is 35.9. The van der Waals surface area contributed by atoms with Crippen LogP contribution < -0.4 is 5.32 Å². The van der Waals surface area contributed by atoms with Gasteiger partial charge in [0.15, 0.2) is 0 Å². The number of aliphatic hydroxyl groups is 2. The number of carbonyl (C=O) groups excluding carboxylic acids is 2. The van der Waals surface area contributed by atoms with Crippen molar-refractivity contribution in [1.82, 2.24) is 5.32 Å². The van der Waals surface area contributed by atoms with Gasteiger partial charge in [0, 0.05) is 12.8 Å². The van der Waals surface area contributed by atoms with Gasteiger partial charge in [-0.05, 0) is 83.5 Å². The number of hydrogen-bond donors (Lipinski definition) is 3. The molecule has 470 valence electrons. The van der Waals surface area contributed by atoms with Crippen molar-refractivity contribution in [2.75, 3.05) is 13.2 Å². The van der Waals surface area contributed by atoms with Crippen LogP contribution in [0.1, 0.15) is 386 Å². The predicted octanol–water partition coefficient (Wildman–Crippen LogP) is 23.3. The molecule has 0 spiro atoms. The van der Waals surface area contributed by atoms with E-state index in [4.69, 9.17) is 4.74 Å². The molecule has 0 aliphatic carbocycles. The van der Waals surface area contributed by atoms with Crippen molar-refractivity contribution < 1.29 is 24.5 Å². The van der Waals surface area contributed by atoms with Gasteiger partial charge >= 0.3 is 5.97 Å². The lowest BCUT2D eigenvalue weighted by atomic mass is 10.0. The lowest BCUT2D eigenvalue weighted by Crippen LogP contribution is -2.45. The molecular weight excluding hydrogens is 983 g/mol. The van der Waals surface area contributed by atoms with Crippen molar-refractivity contribution in [2.45, 2.75) is 398 Å². The highest BCUT2D eigenvalue weighted by Crippen LogP contribution is 2.18. The summed E-state index contributed by atoms with van der Waals surface area (Å²) in [5.41, 5.74) is 0. The number of hydrogen-bond acceptors (Lipinski definition) is 5. The summed E-state index contributed by atoms with van der Waals surface area (Å²) in [5, 5.41) is 23.1. The average molecular weight is 1120 g/mol. The SMILES string of the molecule is CCC/C=C\C/C=C\CCCCCCCC(=O)OCCCCCCCCCCCCCCCCCCCC/C=C\CCCCCCCCCCCCCCCCCCCC(=O)NC(CO)C(O)/C=C/CCCCCCCCCCC. The summed E-state index contributed by atoms with van der Waals surface area (Å²) in [6.07, 6.45) is 90.8. The lowest BCUT2D eigenvalue weighted by Gasteiger charge is -2.20. The van der Waals surface area contributed by atoms with E-state index in [1.807, 2.05) is 6.08 Å². The fourth-order valence-corrected chi connectivity index (χ4v) is 11.1. The molecule has 80 heavy (non-hydrogen) atoms. The Kier molecular flexibility index (Phi) is 67.4. The van der Waals surface area contributed by atoms with Crippen LogP contribution in [0.25, 0.3) is 0 Å². The number of unbranched alkanes of at least 4 members (excludes halogenated alkanes) is 50. The number of esters is 1. The molecule has 6 heteroatoms. The van der Waals surface area contributed by atoms with Gasteiger partial charge in [-0.15, -0.1) is 0 Å². The number of ether oxygens (including phenoxy) is 1. The molecule has 0 bridgehead atoms. The number of aliphatic hydroxyl groups excluding tert-OH is 2. The molecule has 2 atom stereocenters. The van der Waals surface area contributed by atoms with Crippen LogP contribution in [0.3, 0.4) is 0 Å². The van der Waals surface area contributed by atoms with Crippen LogP contribution in [0.15, 0.2) is 48.6 Å². The molecule has 0 saturated heterocycles. The van der Waals surface area contributed by atoms with Gasteiger partial charge in [-0.1, -0.05) is 339 Å². The Hall–Kier alpha value is -2.18. The summed E-state index contributed by atoms with van der Waals surface area (Å²) in [4.78, 5) is 24.5. The van der Waals surface area contributed by atoms with Crippen LogP contribution in [0.2, 0.25) is 0 Å². The second-order valence-electron chi connectivity index (χ2n) is 24.6. The zero-order chi connectivity index (χ0) is 57.8. The first-order valence-corrected chi connectivity index (χ1v) is 35.9. The van der Waals surface area contributed by atoms with Crippen molar-refractivity contribution in [1.29, 1.82) is 0 Å². The van der Waals surface area contributed by atoms with Crippen LogP contribution in [-0.4, -0.2) is 47.4 Å². The zero-order valence-electron chi connectivity index (χ0n) is 53.8. The lowest BCUT2D eigenvalue weighted by molar-refractivity contribution is -0.143. The monoisotopic (exact) mass is 1120 g/mol. The molecule has 1 amide bonds. The third-order valence-electron chi connectivity index (χ3n) is 16.5. The minimum atomic E-state index is -0.840. The van der Waals surface area contributed by atoms with Crippen LogP contribution >= 0.6 is 0 Å². The molecule has 0 fully saturated rings. The number of carbonyl (C=O) groups is 2. The van der Waals surface area contributed by atoms with E-state index in [0.29, 0.717) is 19.4 Å². The Labute approximate surface area is 499 Å². The number of amides is 1. The van der Waals surface area contributed by atoms with E-state index in [1.54, 1.807) is 6.08 Å². The van der Waals surface area contributed by atoms with E-state index in [9.17, 15) is 19.8 Å². The molecule has 0 aromatic carbocycles. The standard InChI is InChI=1S/C74H139NO5/c1-3-5-7-9-11-13-15-43-48-52-56-60-64-68-74(79)80-69-65-61-57-53-49-45-42-40-38-36-34-32-30-28-26-24-22-20-18-16-17-19-21-23-25-27-29-31-33-35-37-39-41-44-47-51-55-59-63-67-73(78)75-71(70-76)72(77)66-62-58-54-50-46-14-12-10-8-6-4-2/h7,9,13,15-17,62,66,71-72,76-77H,3-6,8,10-12,14,18-61,63-65,67-70H2,1-2H3,(H,75,78)/b9-7-,15-13-,17-16-,66-62+. The molecule has 0 aromatic rings. The second kappa shape index (κ2) is 69.3. The highest BCUT2D eigenvalue weighted by molar-refractivity contribution is 5.76. The summed E-state index contributed by atoms with van der Waals surface area (Å²) >= 11 is 0. The van der Waals surface area contributed by atoms with E-state index in [2.05, 4.69) is 55.6 Å². The molecule has 0 aliphatic heterocycles. The number of rotatable bonds is 67. The minimum Gasteiger partial charge on any atom is -0.466 e. The Balaban J connectivity index is 3.32. The van der Waals surface area contributed by atoms with Crippen molar-refractivity contribution >= 4 is 11.9 Å². The van der Waals surface area contributed by atoms with Gasteiger partial charge in [0.25, 0.3) is 0 Å². The normalized spacial score (nSPS) is 12.8. The van der Waals surface area contributed by atoms with Gasteiger partial charge in [-0.3, -0.25) is 9.59 Å². The molecule has 0 rings (SSSR count). The highest BCUT2D eigenvalue weighted by Gasteiger charge is 2.18. The Morgan fingerprint density at radius 2 is 0.650 bits per heavy atom. The fraction of sp³-hybridized carbons (Fsp3) is 0.865. The molecule has 0 aromatic heterocycles. The summed E-state index contributed by atoms with van der Waals surface area (Å²) in [6, 6.07) is -0.623. The number of nitrogens with one attached hydrogen (secondary N) is 1. The Morgan fingerprint density at radius 1 is 0.350 bits per heavy atom. The topological polar surface area (TPSA) is 95.9 Å². The summed E-state index contributed by atoms with van der Waals surface area (Å²) in [5.74, 6) is -0.0570. The van der Waals surface area contributed by atoms with E-state index >= 15 is 0 Å². The van der Waals surface area contributed by atoms with E-state index in [1.165, 1.54) is 308 Å². The van der Waals surface area contributed by atoms with Crippen molar-refractivity contribution in [3.63, 3.8) is 0 Å². The summed E-state index contributed by atoms with van der Waals surface area (Å²) in [6.45, 7) is 4.84. The van der Waals surface area contributed by atoms with Crippen molar-refractivity contribution in [3.05, 3.63) is 48.6 Å². The first-order chi connectivity index (χ1) is 39.5. The van der Waals surface area contributed by atoms with Crippen molar-refractivity contribution in [3.8, 4) is 0 Å². The van der Waals surface area contributed by atoms with Crippen LogP contribution in [-0.2, 0) is 14.3 Å². The quantitative estimate of drug-likeness (QED) is 0.0320. The smallest absolute Gasteiger partial charge is 0.305 e. The van der Waals surface area contributed by atoms with Crippen molar-refractivity contribution in [2.24, 2.45) is 0 Å². The van der Waals surface area contributed by atoms with Gasteiger partial charge in [-0.25, -0.2) is 0 Å². The minimum absolute atomic E-state index is 0.00678. The maximum absolute atomic E-state index is 12.4. The van der Waals surface area contributed by atoms with E-state index < -0.39 is 12.1 Å². The van der Waals surface area contributed by atoms with Crippen LogP contribution in [0, 0.1) is 0 Å². The van der Waals surface area contributed by atoms with Gasteiger partial charge in [0.2, 0.25) is 5.91 Å². The average Bonchev–Trinajstić information content (AvgIpc) is 3.46. The molecule has 2 unspecified atom stereocenters. The molecule has 0 aliphatic rings. The van der Waals surface area contributed by atoms with Crippen LogP contribution in [0.4, 0.5) is 0 Å². The largest absolute Gasteiger partial charge is 0.466 e. The predicted molar refractivity (Wildman–Crippen MR) is 352 cm³/mol. The molecule has 6 nitrogen and oxygen atoms in total. The third kappa shape index (κ3) is 65.0.